The lowest BCUT2D eigenvalue weighted by molar-refractivity contribution is 0.489. The highest BCUT2D eigenvalue weighted by Gasteiger charge is 2.25. The second-order valence-electron chi connectivity index (χ2n) is 9.57. The molecule has 2 nitrogen and oxygen atoms in total. The van der Waals surface area contributed by atoms with Crippen LogP contribution in [0.5, 0.6) is 0 Å². The Morgan fingerprint density at radius 3 is 1.97 bits per heavy atom. The molecule has 0 atom stereocenters. The van der Waals surface area contributed by atoms with Crippen molar-refractivity contribution in [1.29, 1.82) is 0 Å². The number of hydrogen-bond donors (Lipinski definition) is 0. The third-order valence-corrected chi connectivity index (χ3v) is 5.55. The molecule has 164 valence electrons. The summed E-state index contributed by atoms with van der Waals surface area (Å²) >= 11 is 0. The summed E-state index contributed by atoms with van der Waals surface area (Å²) < 4.78 is 0. The van der Waals surface area contributed by atoms with Crippen LogP contribution in [0.2, 0.25) is 0 Å². The van der Waals surface area contributed by atoms with Crippen molar-refractivity contribution in [2.75, 3.05) is 11.6 Å². The van der Waals surface area contributed by atoms with Gasteiger partial charge in [0.25, 0.3) is 0 Å². The van der Waals surface area contributed by atoms with E-state index in [9.17, 15) is 0 Å². The van der Waals surface area contributed by atoms with E-state index in [1.165, 1.54) is 28.1 Å². The van der Waals surface area contributed by atoms with Gasteiger partial charge >= 0.3 is 0 Å². The van der Waals surface area contributed by atoms with Gasteiger partial charge in [-0.05, 0) is 47.3 Å². The minimum atomic E-state index is 0.461. The van der Waals surface area contributed by atoms with Crippen molar-refractivity contribution in [2.45, 2.75) is 74.1 Å². The molecule has 0 saturated heterocycles. The zero-order chi connectivity index (χ0) is 22.4. The number of hydrogen-bond acceptors (Lipinski definition) is 2. The Morgan fingerprint density at radius 1 is 0.900 bits per heavy atom. The lowest BCUT2D eigenvalue weighted by Crippen LogP contribution is -2.28. The van der Waals surface area contributed by atoms with E-state index in [1.54, 1.807) is 0 Å². The Morgan fingerprint density at radius 2 is 1.50 bits per heavy atom. The molecule has 0 fully saturated rings. The first-order valence-electron chi connectivity index (χ1n) is 11.6. The average molecular weight is 407 g/mol. The van der Waals surface area contributed by atoms with E-state index in [2.05, 4.69) is 127 Å². The molecule has 1 aromatic rings. The van der Waals surface area contributed by atoms with Crippen LogP contribution in [0, 0.1) is 11.8 Å². The topological polar surface area (TPSA) is 6.48 Å². The van der Waals surface area contributed by atoms with Crippen molar-refractivity contribution in [3.8, 4) is 0 Å². The van der Waals surface area contributed by atoms with Crippen LogP contribution in [0.15, 0.2) is 66.2 Å². The molecule has 0 amide bonds. The summed E-state index contributed by atoms with van der Waals surface area (Å²) in [6.07, 6.45) is 13.5. The fourth-order valence-corrected chi connectivity index (χ4v) is 4.01. The first-order valence-corrected chi connectivity index (χ1v) is 11.6. The molecule has 1 aliphatic rings. The zero-order valence-electron chi connectivity index (χ0n) is 20.6. The molecule has 0 N–H and O–H groups in total. The number of allylic oxidation sites excluding steroid dienone is 5. The largest absolute Gasteiger partial charge is 0.328 e. The van der Waals surface area contributed by atoms with Gasteiger partial charge in [0.1, 0.15) is 0 Å². The summed E-state index contributed by atoms with van der Waals surface area (Å²) in [6, 6.07) is 6.80. The van der Waals surface area contributed by atoms with Crippen LogP contribution in [0.3, 0.4) is 0 Å². The SMILES string of the molecule is C\C=C/C=C(\C(=C\C(C)C)N1C=CN(c2c(C(C)C)cccc2C(C)C)C1)C(C)C. The van der Waals surface area contributed by atoms with Gasteiger partial charge in [-0.3, -0.25) is 0 Å². The predicted molar refractivity (Wildman–Crippen MR) is 134 cm³/mol. The van der Waals surface area contributed by atoms with Crippen LogP contribution < -0.4 is 4.90 Å². The summed E-state index contributed by atoms with van der Waals surface area (Å²) in [4.78, 5) is 4.85. The number of benzene rings is 1. The summed E-state index contributed by atoms with van der Waals surface area (Å²) in [5, 5.41) is 0. The van der Waals surface area contributed by atoms with Crippen LogP contribution in [0.4, 0.5) is 5.69 Å². The van der Waals surface area contributed by atoms with Crippen LogP contribution in [-0.2, 0) is 0 Å². The fourth-order valence-electron chi connectivity index (χ4n) is 4.01. The number of nitrogens with zero attached hydrogens (tertiary/aromatic N) is 2. The molecular formula is C28H42N2. The van der Waals surface area contributed by atoms with Crippen molar-refractivity contribution in [1.82, 2.24) is 4.90 Å². The van der Waals surface area contributed by atoms with Gasteiger partial charge in [-0.1, -0.05) is 97.9 Å². The Labute approximate surface area is 185 Å². The molecule has 1 heterocycles. The van der Waals surface area contributed by atoms with Gasteiger partial charge in [0.05, 0.1) is 6.67 Å². The van der Waals surface area contributed by atoms with E-state index in [4.69, 9.17) is 0 Å². The van der Waals surface area contributed by atoms with E-state index in [1.807, 2.05) is 0 Å². The smallest absolute Gasteiger partial charge is 0.0989 e. The summed E-state index contributed by atoms with van der Waals surface area (Å²) in [7, 11) is 0. The predicted octanol–water partition coefficient (Wildman–Crippen LogP) is 8.18. The molecule has 1 aromatic carbocycles. The Balaban J connectivity index is 2.48. The van der Waals surface area contributed by atoms with Gasteiger partial charge in [-0.25, -0.2) is 0 Å². The molecule has 0 bridgehead atoms. The van der Waals surface area contributed by atoms with Crippen LogP contribution in [0.1, 0.15) is 85.3 Å². The molecule has 2 heteroatoms. The van der Waals surface area contributed by atoms with Crippen molar-refractivity contribution in [3.05, 3.63) is 77.3 Å². The van der Waals surface area contributed by atoms with E-state index in [-0.39, 0.29) is 0 Å². The monoisotopic (exact) mass is 406 g/mol. The molecular weight excluding hydrogens is 364 g/mol. The minimum absolute atomic E-state index is 0.461. The van der Waals surface area contributed by atoms with Crippen LogP contribution in [-0.4, -0.2) is 11.6 Å². The van der Waals surface area contributed by atoms with E-state index in [0.29, 0.717) is 23.7 Å². The molecule has 30 heavy (non-hydrogen) atoms. The summed E-state index contributed by atoms with van der Waals surface area (Å²) in [6.45, 7) is 21.2. The quantitative estimate of drug-likeness (QED) is 0.401. The van der Waals surface area contributed by atoms with Crippen LogP contribution >= 0.6 is 0 Å². The molecule has 0 radical (unpaired) electrons. The molecule has 0 unspecified atom stereocenters. The second kappa shape index (κ2) is 10.7. The molecule has 1 aliphatic heterocycles. The van der Waals surface area contributed by atoms with Gasteiger partial charge in [0.15, 0.2) is 0 Å². The van der Waals surface area contributed by atoms with E-state index < -0.39 is 0 Å². The minimum Gasteiger partial charge on any atom is -0.328 e. The Kier molecular flexibility index (Phi) is 8.58. The van der Waals surface area contributed by atoms with Crippen molar-refractivity contribution in [3.63, 3.8) is 0 Å². The van der Waals surface area contributed by atoms with E-state index in [0.717, 1.165) is 6.67 Å². The lowest BCUT2D eigenvalue weighted by Gasteiger charge is -2.30. The Bertz CT molecular complexity index is 793. The maximum absolute atomic E-state index is 2.44. The normalized spacial score (nSPS) is 15.9. The molecule has 0 aliphatic carbocycles. The zero-order valence-corrected chi connectivity index (χ0v) is 20.6. The second-order valence-corrected chi connectivity index (χ2v) is 9.57. The Hall–Kier alpha value is -2.22. The summed E-state index contributed by atoms with van der Waals surface area (Å²) in [5.41, 5.74) is 6.94. The van der Waals surface area contributed by atoms with Crippen molar-refractivity contribution >= 4 is 5.69 Å². The first-order chi connectivity index (χ1) is 14.2. The summed E-state index contributed by atoms with van der Waals surface area (Å²) in [5.74, 6) is 1.94. The third-order valence-electron chi connectivity index (χ3n) is 5.55. The van der Waals surface area contributed by atoms with Gasteiger partial charge in [0, 0.05) is 23.8 Å². The fraction of sp³-hybridized carbons (Fsp3) is 0.500. The van der Waals surface area contributed by atoms with Gasteiger partial charge in [-0.2, -0.15) is 0 Å². The highest BCUT2D eigenvalue weighted by molar-refractivity contribution is 5.64. The number of rotatable bonds is 8. The van der Waals surface area contributed by atoms with Crippen molar-refractivity contribution < 1.29 is 0 Å². The van der Waals surface area contributed by atoms with Gasteiger partial charge < -0.3 is 9.80 Å². The highest BCUT2D eigenvalue weighted by Crippen LogP contribution is 2.38. The van der Waals surface area contributed by atoms with Crippen molar-refractivity contribution in [2.24, 2.45) is 11.8 Å². The highest BCUT2D eigenvalue weighted by atomic mass is 15.3. The third kappa shape index (κ3) is 5.68. The van der Waals surface area contributed by atoms with E-state index >= 15 is 0 Å². The maximum atomic E-state index is 2.44. The molecule has 0 aromatic heterocycles. The van der Waals surface area contributed by atoms with Crippen LogP contribution in [0.25, 0.3) is 0 Å². The standard InChI is InChI=1S/C28H42N2/c1-10-11-13-24(21(4)5)27(18-20(2)3)29-16-17-30(19-29)28-25(22(6)7)14-12-15-26(28)23(8)9/h10-18,20-23H,19H2,1-9H3/b11-10-,24-13-,27-18-. The lowest BCUT2D eigenvalue weighted by atomic mass is 9.92. The molecule has 0 saturated carbocycles. The number of para-hydroxylation sites is 1. The first kappa shape index (κ1) is 24.1. The maximum Gasteiger partial charge on any atom is 0.0989 e. The average Bonchev–Trinajstić information content (AvgIpc) is 3.15. The number of anilines is 1. The molecule has 0 spiro atoms. The van der Waals surface area contributed by atoms with Gasteiger partial charge in [0.2, 0.25) is 0 Å². The van der Waals surface area contributed by atoms with Gasteiger partial charge in [-0.15, -0.1) is 0 Å². The molecule has 2 rings (SSSR count).